The molecule has 1 aliphatic rings. The molecule has 0 spiro atoms. The number of carbonyl (C=O) groups is 1. The van der Waals surface area contributed by atoms with Crippen LogP contribution < -0.4 is 0 Å². The van der Waals surface area contributed by atoms with Gasteiger partial charge in [-0.2, -0.15) is 0 Å². The van der Waals surface area contributed by atoms with Gasteiger partial charge in [-0.3, -0.25) is 4.79 Å². The van der Waals surface area contributed by atoms with Gasteiger partial charge in [-0.15, -0.1) is 0 Å². The second-order valence-electron chi connectivity index (χ2n) is 6.12. The number of nitrogens with zero attached hydrogens (tertiary/aromatic N) is 2. The number of hydrogen-bond donors (Lipinski definition) is 1. The summed E-state index contributed by atoms with van der Waals surface area (Å²) in [6.07, 6.45) is 0.782. The predicted octanol–water partition coefficient (Wildman–Crippen LogP) is 2.44. The summed E-state index contributed by atoms with van der Waals surface area (Å²) >= 11 is 0. The van der Waals surface area contributed by atoms with Crippen molar-refractivity contribution >= 4 is 5.91 Å². The van der Waals surface area contributed by atoms with E-state index in [2.05, 4.69) is 4.90 Å². The molecule has 1 unspecified atom stereocenters. The van der Waals surface area contributed by atoms with Gasteiger partial charge in [0.25, 0.3) is 0 Å². The zero-order chi connectivity index (χ0) is 16.8. The molecule has 0 radical (unpaired) electrons. The van der Waals surface area contributed by atoms with E-state index in [1.54, 1.807) is 18.2 Å². The molecule has 128 valence electrons. The molecule has 1 amide bonds. The maximum absolute atomic E-state index is 13.7. The Morgan fingerprint density at radius 2 is 1.91 bits per heavy atom. The van der Waals surface area contributed by atoms with Crippen LogP contribution in [0.2, 0.25) is 0 Å². The summed E-state index contributed by atoms with van der Waals surface area (Å²) in [7, 11) is 0. The van der Waals surface area contributed by atoms with E-state index in [1.165, 1.54) is 6.07 Å². The number of benzene rings is 1. The van der Waals surface area contributed by atoms with Gasteiger partial charge < -0.3 is 14.9 Å². The van der Waals surface area contributed by atoms with Crippen molar-refractivity contribution < 1.29 is 14.3 Å². The molecule has 1 fully saturated rings. The minimum absolute atomic E-state index is 0.0803. The number of likely N-dealkylation sites (tertiary alicyclic amines) is 1. The lowest BCUT2D eigenvalue weighted by Crippen LogP contribution is -2.43. The number of carbonyl (C=O) groups excluding carboxylic acids is 1. The lowest BCUT2D eigenvalue weighted by molar-refractivity contribution is -0.136. The highest BCUT2D eigenvalue weighted by Crippen LogP contribution is 2.23. The van der Waals surface area contributed by atoms with E-state index in [9.17, 15) is 14.3 Å². The van der Waals surface area contributed by atoms with Crippen molar-refractivity contribution in [3.05, 3.63) is 35.6 Å². The molecule has 2 rings (SSSR count). The fourth-order valence-corrected chi connectivity index (χ4v) is 3.24. The summed E-state index contributed by atoms with van der Waals surface area (Å²) in [5.74, 6) is -0.0485. The molecule has 1 heterocycles. The topological polar surface area (TPSA) is 43.8 Å². The minimum atomic E-state index is -0.828. The summed E-state index contributed by atoms with van der Waals surface area (Å²) in [5, 5.41) is 10.2. The zero-order valence-electron chi connectivity index (χ0n) is 14.0. The third kappa shape index (κ3) is 4.52. The largest absolute Gasteiger partial charge is 0.387 e. The Kier molecular flexibility index (Phi) is 6.54. The summed E-state index contributed by atoms with van der Waals surface area (Å²) < 4.78 is 13.7. The molecule has 0 saturated carbocycles. The number of halogens is 1. The Labute approximate surface area is 137 Å². The van der Waals surface area contributed by atoms with Crippen LogP contribution in [0.5, 0.6) is 0 Å². The molecular formula is C18H27FN2O2. The van der Waals surface area contributed by atoms with Crippen molar-refractivity contribution in [1.29, 1.82) is 0 Å². The van der Waals surface area contributed by atoms with Gasteiger partial charge >= 0.3 is 0 Å². The molecule has 1 N–H and O–H groups in total. The zero-order valence-corrected chi connectivity index (χ0v) is 14.0. The van der Waals surface area contributed by atoms with Gasteiger partial charge in [-0.05, 0) is 45.8 Å². The van der Waals surface area contributed by atoms with E-state index in [-0.39, 0.29) is 17.6 Å². The summed E-state index contributed by atoms with van der Waals surface area (Å²) in [5.41, 5.74) is 0.342. The van der Waals surface area contributed by atoms with Crippen molar-refractivity contribution in [3.8, 4) is 0 Å². The van der Waals surface area contributed by atoms with Crippen LogP contribution in [0, 0.1) is 11.7 Å². The number of amides is 1. The van der Waals surface area contributed by atoms with Gasteiger partial charge in [0.05, 0.1) is 6.10 Å². The Morgan fingerprint density at radius 1 is 1.30 bits per heavy atom. The first-order valence-electron chi connectivity index (χ1n) is 8.50. The summed E-state index contributed by atoms with van der Waals surface area (Å²) in [4.78, 5) is 16.4. The first-order valence-corrected chi connectivity index (χ1v) is 8.50. The van der Waals surface area contributed by atoms with Crippen molar-refractivity contribution in [1.82, 2.24) is 9.80 Å². The molecule has 1 atom stereocenters. The van der Waals surface area contributed by atoms with Gasteiger partial charge in [-0.1, -0.05) is 18.2 Å². The molecular weight excluding hydrogens is 295 g/mol. The SMILES string of the molecule is CCN(CC)C(=O)C1CCN(CC(O)c2ccccc2F)CC1. The third-order valence-corrected chi connectivity index (χ3v) is 4.71. The van der Waals surface area contributed by atoms with Crippen molar-refractivity contribution in [2.45, 2.75) is 32.8 Å². The Hall–Kier alpha value is -1.46. The Morgan fingerprint density at radius 3 is 2.48 bits per heavy atom. The Balaban J connectivity index is 1.85. The van der Waals surface area contributed by atoms with Crippen LogP contribution in [0.1, 0.15) is 38.4 Å². The molecule has 1 aromatic rings. The van der Waals surface area contributed by atoms with Crippen LogP contribution in [0.4, 0.5) is 4.39 Å². The molecule has 1 aromatic carbocycles. The molecule has 0 aliphatic carbocycles. The normalized spacial score (nSPS) is 17.9. The average Bonchev–Trinajstić information content (AvgIpc) is 2.57. The van der Waals surface area contributed by atoms with Crippen LogP contribution in [0.25, 0.3) is 0 Å². The fraction of sp³-hybridized carbons (Fsp3) is 0.611. The number of hydrogen-bond acceptors (Lipinski definition) is 3. The Bertz CT molecular complexity index is 511. The first-order chi connectivity index (χ1) is 11.1. The van der Waals surface area contributed by atoms with Crippen molar-refractivity contribution in [3.63, 3.8) is 0 Å². The monoisotopic (exact) mass is 322 g/mol. The van der Waals surface area contributed by atoms with Crippen LogP contribution in [0.15, 0.2) is 24.3 Å². The number of piperidine rings is 1. The highest BCUT2D eigenvalue weighted by atomic mass is 19.1. The summed E-state index contributed by atoms with van der Waals surface area (Å²) in [6, 6.07) is 6.34. The van der Waals surface area contributed by atoms with E-state index in [0.29, 0.717) is 12.1 Å². The maximum Gasteiger partial charge on any atom is 0.225 e. The molecule has 1 saturated heterocycles. The molecule has 23 heavy (non-hydrogen) atoms. The molecule has 1 aliphatic heterocycles. The van der Waals surface area contributed by atoms with Gasteiger partial charge in [-0.25, -0.2) is 4.39 Å². The smallest absolute Gasteiger partial charge is 0.225 e. The molecule has 0 bridgehead atoms. The highest BCUT2D eigenvalue weighted by molar-refractivity contribution is 5.78. The minimum Gasteiger partial charge on any atom is -0.387 e. The molecule has 4 nitrogen and oxygen atoms in total. The highest BCUT2D eigenvalue weighted by Gasteiger charge is 2.28. The standard InChI is InChI=1S/C18H27FN2O2/c1-3-21(4-2)18(23)14-9-11-20(12-10-14)13-17(22)15-7-5-6-8-16(15)19/h5-8,14,17,22H,3-4,9-13H2,1-2H3. The average molecular weight is 322 g/mol. The third-order valence-electron chi connectivity index (χ3n) is 4.71. The van der Waals surface area contributed by atoms with E-state index < -0.39 is 6.10 Å². The van der Waals surface area contributed by atoms with E-state index in [0.717, 1.165) is 39.0 Å². The lowest BCUT2D eigenvalue weighted by atomic mass is 9.94. The quantitative estimate of drug-likeness (QED) is 0.875. The predicted molar refractivity (Wildman–Crippen MR) is 88.5 cm³/mol. The fourth-order valence-electron chi connectivity index (χ4n) is 3.24. The summed E-state index contributed by atoms with van der Waals surface area (Å²) in [6.45, 7) is 7.45. The second kappa shape index (κ2) is 8.41. The van der Waals surface area contributed by atoms with Gasteiger partial charge in [0.15, 0.2) is 0 Å². The van der Waals surface area contributed by atoms with Crippen LogP contribution in [-0.4, -0.2) is 53.5 Å². The van der Waals surface area contributed by atoms with Crippen LogP contribution in [0.3, 0.4) is 0 Å². The van der Waals surface area contributed by atoms with Gasteiger partial charge in [0, 0.05) is 31.1 Å². The van der Waals surface area contributed by atoms with Crippen molar-refractivity contribution in [2.24, 2.45) is 5.92 Å². The van der Waals surface area contributed by atoms with E-state index in [1.807, 2.05) is 18.7 Å². The first kappa shape index (κ1) is 17.9. The molecule has 5 heteroatoms. The van der Waals surface area contributed by atoms with Gasteiger partial charge in [0.1, 0.15) is 5.82 Å². The maximum atomic E-state index is 13.7. The van der Waals surface area contributed by atoms with E-state index >= 15 is 0 Å². The number of β-amino-alcohol motifs (C(OH)–C–C–N with tert-alkyl or cyclic N) is 1. The second-order valence-corrected chi connectivity index (χ2v) is 6.12. The van der Waals surface area contributed by atoms with Crippen molar-refractivity contribution in [2.75, 3.05) is 32.7 Å². The lowest BCUT2D eigenvalue weighted by Gasteiger charge is -2.34. The van der Waals surface area contributed by atoms with E-state index in [4.69, 9.17) is 0 Å². The number of aliphatic hydroxyl groups excluding tert-OH is 1. The van der Waals surface area contributed by atoms with Crippen LogP contribution in [-0.2, 0) is 4.79 Å². The van der Waals surface area contributed by atoms with Crippen LogP contribution >= 0.6 is 0 Å². The number of aliphatic hydroxyl groups is 1. The number of rotatable bonds is 6. The molecule has 0 aromatic heterocycles. The van der Waals surface area contributed by atoms with Gasteiger partial charge in [0.2, 0.25) is 5.91 Å².